The first-order valence-electron chi connectivity index (χ1n) is 5.59. The molecule has 84 valence electrons. The summed E-state index contributed by atoms with van der Waals surface area (Å²) in [4.78, 5) is 5.59. The zero-order valence-electron chi connectivity index (χ0n) is 9.25. The van der Waals surface area contributed by atoms with E-state index in [9.17, 15) is 0 Å². The minimum absolute atomic E-state index is 0.145. The summed E-state index contributed by atoms with van der Waals surface area (Å²) in [6.07, 6.45) is 6.73. The average molecular weight is 225 g/mol. The maximum Gasteiger partial charge on any atom is 0.107 e. The van der Waals surface area contributed by atoms with Gasteiger partial charge in [-0.15, -0.1) is 11.3 Å². The highest BCUT2D eigenvalue weighted by Crippen LogP contribution is 2.31. The lowest BCUT2D eigenvalue weighted by Crippen LogP contribution is -2.48. The van der Waals surface area contributed by atoms with Crippen molar-refractivity contribution in [2.45, 2.75) is 44.7 Å². The Hall–Kier alpha value is -0.450. The Morgan fingerprint density at radius 2 is 2.40 bits per heavy atom. The SMILES string of the molecule is Cc1cnc(CNCCC2(N)CCC2)s1. The second-order valence-electron chi connectivity index (χ2n) is 4.51. The van der Waals surface area contributed by atoms with Gasteiger partial charge in [-0.05, 0) is 39.2 Å². The van der Waals surface area contributed by atoms with Crippen LogP contribution in [0.15, 0.2) is 6.20 Å². The van der Waals surface area contributed by atoms with Crippen LogP contribution in [0, 0.1) is 6.92 Å². The smallest absolute Gasteiger partial charge is 0.107 e. The Balaban J connectivity index is 1.63. The van der Waals surface area contributed by atoms with Crippen LogP contribution in [0.5, 0.6) is 0 Å². The van der Waals surface area contributed by atoms with E-state index in [-0.39, 0.29) is 5.54 Å². The van der Waals surface area contributed by atoms with Crippen LogP contribution in [0.1, 0.15) is 35.6 Å². The molecule has 0 radical (unpaired) electrons. The fraction of sp³-hybridized carbons (Fsp3) is 0.727. The van der Waals surface area contributed by atoms with Crippen molar-refractivity contribution in [3.63, 3.8) is 0 Å². The normalized spacial score (nSPS) is 18.8. The van der Waals surface area contributed by atoms with Crippen molar-refractivity contribution in [2.24, 2.45) is 5.73 Å². The minimum Gasteiger partial charge on any atom is -0.325 e. The molecule has 1 saturated carbocycles. The molecular weight excluding hydrogens is 206 g/mol. The molecule has 2 rings (SSSR count). The van der Waals surface area contributed by atoms with Crippen LogP contribution in [0.25, 0.3) is 0 Å². The van der Waals surface area contributed by atoms with E-state index in [1.54, 1.807) is 11.3 Å². The third-order valence-electron chi connectivity index (χ3n) is 3.09. The van der Waals surface area contributed by atoms with Crippen LogP contribution in [0.3, 0.4) is 0 Å². The lowest BCUT2D eigenvalue weighted by molar-refractivity contribution is 0.229. The molecule has 4 heteroatoms. The van der Waals surface area contributed by atoms with Crippen LogP contribution in [0.2, 0.25) is 0 Å². The molecule has 3 nitrogen and oxygen atoms in total. The minimum atomic E-state index is 0.145. The van der Waals surface area contributed by atoms with Gasteiger partial charge in [0.15, 0.2) is 0 Å². The molecule has 1 fully saturated rings. The molecular formula is C11H19N3S. The van der Waals surface area contributed by atoms with Crippen molar-refractivity contribution in [2.75, 3.05) is 6.54 Å². The molecule has 3 N–H and O–H groups in total. The van der Waals surface area contributed by atoms with Gasteiger partial charge in [0.1, 0.15) is 5.01 Å². The Labute approximate surface area is 95.1 Å². The highest BCUT2D eigenvalue weighted by molar-refractivity contribution is 7.11. The quantitative estimate of drug-likeness (QED) is 0.751. The molecule has 1 heterocycles. The molecule has 0 spiro atoms. The first kappa shape index (κ1) is 11.0. The van der Waals surface area contributed by atoms with Crippen molar-refractivity contribution in [3.8, 4) is 0 Å². The van der Waals surface area contributed by atoms with Crippen molar-refractivity contribution < 1.29 is 0 Å². The standard InChI is InChI=1S/C11H19N3S/c1-9-7-14-10(15-9)8-13-6-5-11(12)3-2-4-11/h7,13H,2-6,8,12H2,1H3. The molecule has 0 bridgehead atoms. The molecule has 1 aliphatic carbocycles. The zero-order valence-corrected chi connectivity index (χ0v) is 10.1. The summed E-state index contributed by atoms with van der Waals surface area (Å²) in [6, 6.07) is 0. The lowest BCUT2D eigenvalue weighted by Gasteiger charge is -2.38. The van der Waals surface area contributed by atoms with Gasteiger partial charge in [0.2, 0.25) is 0 Å². The Bertz CT molecular complexity index is 317. The van der Waals surface area contributed by atoms with E-state index in [2.05, 4.69) is 17.2 Å². The molecule has 1 aliphatic rings. The third kappa shape index (κ3) is 3.00. The van der Waals surface area contributed by atoms with Crippen LogP contribution < -0.4 is 11.1 Å². The first-order valence-corrected chi connectivity index (χ1v) is 6.41. The monoisotopic (exact) mass is 225 g/mol. The average Bonchev–Trinajstić information content (AvgIpc) is 2.56. The summed E-state index contributed by atoms with van der Waals surface area (Å²) in [5.41, 5.74) is 6.28. The summed E-state index contributed by atoms with van der Waals surface area (Å²) in [5, 5.41) is 4.58. The fourth-order valence-electron chi connectivity index (χ4n) is 1.90. The van der Waals surface area contributed by atoms with Gasteiger partial charge in [-0.25, -0.2) is 4.98 Å². The number of rotatable bonds is 5. The molecule has 0 unspecified atom stereocenters. The highest BCUT2D eigenvalue weighted by Gasteiger charge is 2.31. The van der Waals surface area contributed by atoms with Crippen molar-refractivity contribution >= 4 is 11.3 Å². The van der Waals surface area contributed by atoms with Gasteiger partial charge in [-0.3, -0.25) is 0 Å². The number of aryl methyl sites for hydroxylation is 1. The number of hydrogen-bond acceptors (Lipinski definition) is 4. The fourth-order valence-corrected chi connectivity index (χ4v) is 2.65. The first-order chi connectivity index (χ1) is 7.18. The van der Waals surface area contributed by atoms with E-state index < -0.39 is 0 Å². The third-order valence-corrected chi connectivity index (χ3v) is 4.01. The van der Waals surface area contributed by atoms with Crippen LogP contribution in [-0.4, -0.2) is 17.1 Å². The summed E-state index contributed by atoms with van der Waals surface area (Å²) in [6.45, 7) is 3.98. The molecule has 1 aromatic heterocycles. The van der Waals surface area contributed by atoms with Crippen LogP contribution in [-0.2, 0) is 6.54 Å². The van der Waals surface area contributed by atoms with Crippen molar-refractivity contribution in [1.29, 1.82) is 0 Å². The summed E-state index contributed by atoms with van der Waals surface area (Å²) in [5.74, 6) is 0. The van der Waals surface area contributed by atoms with E-state index in [1.165, 1.54) is 29.1 Å². The molecule has 15 heavy (non-hydrogen) atoms. The van der Waals surface area contributed by atoms with Crippen LogP contribution in [0.4, 0.5) is 0 Å². The molecule has 0 amide bonds. The van der Waals surface area contributed by atoms with E-state index >= 15 is 0 Å². The summed E-state index contributed by atoms with van der Waals surface area (Å²) < 4.78 is 0. The van der Waals surface area contributed by atoms with Crippen molar-refractivity contribution in [1.82, 2.24) is 10.3 Å². The van der Waals surface area contributed by atoms with Crippen molar-refractivity contribution in [3.05, 3.63) is 16.1 Å². The van der Waals surface area contributed by atoms with Gasteiger partial charge in [0, 0.05) is 23.2 Å². The van der Waals surface area contributed by atoms with Gasteiger partial charge in [-0.1, -0.05) is 0 Å². The lowest BCUT2D eigenvalue weighted by atomic mass is 9.75. The highest BCUT2D eigenvalue weighted by atomic mass is 32.1. The maximum absolute atomic E-state index is 6.13. The Morgan fingerprint density at radius 3 is 2.93 bits per heavy atom. The van der Waals surface area contributed by atoms with Gasteiger partial charge in [0.25, 0.3) is 0 Å². The summed E-state index contributed by atoms with van der Waals surface area (Å²) in [7, 11) is 0. The maximum atomic E-state index is 6.13. The number of hydrogen-bond donors (Lipinski definition) is 2. The predicted molar refractivity (Wildman–Crippen MR) is 63.9 cm³/mol. The molecule has 0 saturated heterocycles. The van der Waals surface area contributed by atoms with Gasteiger partial charge in [0.05, 0.1) is 0 Å². The number of aromatic nitrogens is 1. The van der Waals surface area contributed by atoms with E-state index in [0.29, 0.717) is 0 Å². The van der Waals surface area contributed by atoms with E-state index in [1.807, 2.05) is 6.20 Å². The van der Waals surface area contributed by atoms with E-state index in [0.717, 1.165) is 19.5 Å². The molecule has 0 atom stereocenters. The molecule has 1 aromatic rings. The number of nitrogens with one attached hydrogen (secondary N) is 1. The largest absolute Gasteiger partial charge is 0.325 e. The second kappa shape index (κ2) is 4.60. The number of thiazole rings is 1. The number of nitrogens with zero attached hydrogens (tertiary/aromatic N) is 1. The predicted octanol–water partition coefficient (Wildman–Crippen LogP) is 1.81. The van der Waals surface area contributed by atoms with Gasteiger partial charge < -0.3 is 11.1 Å². The topological polar surface area (TPSA) is 50.9 Å². The van der Waals surface area contributed by atoms with Crippen LogP contribution >= 0.6 is 11.3 Å². The zero-order chi connectivity index (χ0) is 10.7. The van der Waals surface area contributed by atoms with Gasteiger partial charge in [-0.2, -0.15) is 0 Å². The molecule has 0 aromatic carbocycles. The van der Waals surface area contributed by atoms with Gasteiger partial charge >= 0.3 is 0 Å². The summed E-state index contributed by atoms with van der Waals surface area (Å²) >= 11 is 1.76. The van der Waals surface area contributed by atoms with E-state index in [4.69, 9.17) is 5.73 Å². The second-order valence-corrected chi connectivity index (χ2v) is 5.83. The Morgan fingerprint density at radius 1 is 1.60 bits per heavy atom. The number of nitrogens with two attached hydrogens (primary N) is 1. The molecule has 0 aliphatic heterocycles. The Kier molecular flexibility index (Phi) is 3.38.